The molecule has 0 fully saturated rings. The molecule has 0 spiro atoms. The number of nitrogens with zero attached hydrogens (tertiary/aromatic N) is 2. The second-order valence-electron chi connectivity index (χ2n) is 12.3. The van der Waals surface area contributed by atoms with Gasteiger partial charge < -0.3 is 19.3 Å². The van der Waals surface area contributed by atoms with Crippen LogP contribution in [0.25, 0.3) is 11.1 Å². The number of ether oxygens (including phenoxy) is 2. The third-order valence-corrected chi connectivity index (χ3v) is 8.22. The quantitative estimate of drug-likeness (QED) is 0.0982. The lowest BCUT2D eigenvalue weighted by Gasteiger charge is -2.16. The molecule has 0 amide bonds. The topological polar surface area (TPSA) is 24.9 Å². The molecule has 0 atom stereocenters. The van der Waals surface area contributed by atoms with Gasteiger partial charge in [-0.2, -0.15) is 0 Å². The zero-order valence-electron chi connectivity index (χ0n) is 27.9. The van der Waals surface area contributed by atoms with Gasteiger partial charge in [0.1, 0.15) is 0 Å². The van der Waals surface area contributed by atoms with Crippen molar-refractivity contribution in [3.05, 3.63) is 59.7 Å². The van der Waals surface area contributed by atoms with Gasteiger partial charge in [0, 0.05) is 13.2 Å². The number of benzene rings is 2. The second-order valence-corrected chi connectivity index (χ2v) is 12.3. The molecule has 0 aliphatic rings. The molecule has 0 aromatic heterocycles. The first-order valence-corrected chi connectivity index (χ1v) is 17.3. The molecule has 2 aromatic carbocycles. The van der Waals surface area contributed by atoms with Crippen LogP contribution in [0.4, 0.5) is 0 Å². The minimum absolute atomic E-state index is 0.694. The molecule has 0 radical (unpaired) electrons. The zero-order valence-corrected chi connectivity index (χ0v) is 27.9. The van der Waals surface area contributed by atoms with Crippen LogP contribution >= 0.6 is 0 Å². The summed E-state index contributed by atoms with van der Waals surface area (Å²) in [5, 5.41) is 0. The van der Waals surface area contributed by atoms with Crippen molar-refractivity contribution in [2.75, 3.05) is 53.5 Å². The first kappa shape index (κ1) is 36.5. The predicted molar refractivity (Wildman–Crippen MR) is 182 cm³/mol. The Morgan fingerprint density at radius 3 is 1.12 bits per heavy atom. The maximum Gasteiger partial charge on any atom is 0.0716 e. The van der Waals surface area contributed by atoms with Gasteiger partial charge in [0.2, 0.25) is 0 Å². The highest BCUT2D eigenvalue weighted by Gasteiger charge is 2.03. The van der Waals surface area contributed by atoms with Gasteiger partial charge in [0.25, 0.3) is 0 Å². The molecule has 2 aromatic rings. The fourth-order valence-corrected chi connectivity index (χ4v) is 5.33. The molecule has 0 aliphatic carbocycles. The summed E-state index contributed by atoms with van der Waals surface area (Å²) in [7, 11) is 4.51. The van der Waals surface area contributed by atoms with Gasteiger partial charge in [0.05, 0.1) is 13.2 Å². The molecule has 0 bridgehead atoms. The van der Waals surface area contributed by atoms with Crippen molar-refractivity contribution in [3.63, 3.8) is 0 Å². The average Bonchev–Trinajstić information content (AvgIpc) is 3.01. The van der Waals surface area contributed by atoms with Crippen LogP contribution in [0.5, 0.6) is 0 Å². The molecule has 0 aliphatic heterocycles. The normalized spacial score (nSPS) is 11.7. The van der Waals surface area contributed by atoms with Crippen molar-refractivity contribution < 1.29 is 9.47 Å². The molecular formula is C38H64N2O2. The van der Waals surface area contributed by atoms with E-state index in [2.05, 4.69) is 86.3 Å². The van der Waals surface area contributed by atoms with E-state index in [9.17, 15) is 0 Å². The molecule has 4 heteroatoms. The first-order chi connectivity index (χ1) is 20.6. The highest BCUT2D eigenvalue weighted by molar-refractivity contribution is 5.63. The van der Waals surface area contributed by atoms with Gasteiger partial charge in [-0.1, -0.05) is 114 Å². The van der Waals surface area contributed by atoms with Crippen molar-refractivity contribution in [2.24, 2.45) is 0 Å². The van der Waals surface area contributed by atoms with E-state index in [-0.39, 0.29) is 0 Å². The zero-order chi connectivity index (χ0) is 30.1. The van der Waals surface area contributed by atoms with Crippen molar-refractivity contribution in [2.45, 2.75) is 117 Å². The Balaban J connectivity index is 1.52. The first-order valence-electron chi connectivity index (χ1n) is 17.3. The van der Waals surface area contributed by atoms with Crippen LogP contribution in [0.1, 0.15) is 115 Å². The van der Waals surface area contributed by atoms with Crippen LogP contribution < -0.4 is 0 Å². The fraction of sp³-hybridized carbons (Fsp3) is 0.684. The van der Waals surface area contributed by atoms with E-state index >= 15 is 0 Å². The third kappa shape index (κ3) is 18.1. The van der Waals surface area contributed by atoms with E-state index in [0.717, 1.165) is 26.1 Å². The minimum Gasteiger partial charge on any atom is -0.377 e. The molecule has 0 saturated carbocycles. The Kier molecular flexibility index (Phi) is 21.4. The molecule has 42 heavy (non-hydrogen) atoms. The van der Waals surface area contributed by atoms with Crippen molar-refractivity contribution in [3.8, 4) is 11.1 Å². The summed E-state index contributed by atoms with van der Waals surface area (Å²) in [6, 6.07) is 17.6. The van der Waals surface area contributed by atoms with E-state index in [1.54, 1.807) is 0 Å². The van der Waals surface area contributed by atoms with Gasteiger partial charge in [-0.05, 0) is 101 Å². The van der Waals surface area contributed by atoms with Crippen LogP contribution in [-0.2, 0) is 22.7 Å². The Labute approximate surface area is 260 Å². The van der Waals surface area contributed by atoms with E-state index < -0.39 is 0 Å². The Morgan fingerprint density at radius 1 is 0.429 bits per heavy atom. The summed E-state index contributed by atoms with van der Waals surface area (Å²) in [6.07, 6.45) is 18.3. The lowest BCUT2D eigenvalue weighted by Crippen LogP contribution is -2.21. The number of hydrogen-bond donors (Lipinski definition) is 0. The molecule has 4 nitrogen and oxygen atoms in total. The summed E-state index contributed by atoms with van der Waals surface area (Å²) >= 11 is 0. The average molecular weight is 581 g/mol. The van der Waals surface area contributed by atoms with Crippen LogP contribution in [0.2, 0.25) is 0 Å². The van der Waals surface area contributed by atoms with Crippen LogP contribution in [0, 0.1) is 0 Å². The smallest absolute Gasteiger partial charge is 0.0716 e. The lowest BCUT2D eigenvalue weighted by molar-refractivity contribution is 0.115. The highest BCUT2D eigenvalue weighted by Crippen LogP contribution is 2.21. The lowest BCUT2D eigenvalue weighted by atomic mass is 10.0. The maximum atomic E-state index is 5.95. The van der Waals surface area contributed by atoms with Crippen molar-refractivity contribution in [1.29, 1.82) is 0 Å². The summed E-state index contributed by atoms with van der Waals surface area (Å²) in [5.41, 5.74) is 4.98. The molecule has 0 unspecified atom stereocenters. The van der Waals surface area contributed by atoms with Crippen molar-refractivity contribution in [1.82, 2.24) is 9.80 Å². The van der Waals surface area contributed by atoms with E-state index in [0.29, 0.717) is 13.2 Å². The number of unbranched alkanes of at least 4 members (excludes halogenated alkanes) is 10. The SMILES string of the molecule is CCCCCCCN(C)CCCCOCc1ccc(-c2ccc(COCCCCN(C)CCCCCCC)cc2)cc1. The summed E-state index contributed by atoms with van der Waals surface area (Å²) < 4.78 is 11.9. The molecule has 0 saturated heterocycles. The standard InChI is InChI=1S/C38H64N2O2/c1-5-7-9-11-13-27-39(3)29-15-17-31-41-33-35-19-23-37(24-20-35)38-25-21-36(22-26-38)34-42-32-18-16-30-40(4)28-14-12-10-8-6-2/h19-26H,5-18,27-34H2,1-4H3. The Hall–Kier alpha value is -1.72. The Morgan fingerprint density at radius 2 is 0.762 bits per heavy atom. The largest absolute Gasteiger partial charge is 0.377 e. The van der Waals surface area contributed by atoms with E-state index in [1.165, 1.54) is 125 Å². The van der Waals surface area contributed by atoms with Crippen LogP contribution in [0.15, 0.2) is 48.5 Å². The van der Waals surface area contributed by atoms with E-state index in [4.69, 9.17) is 9.47 Å². The molecule has 0 N–H and O–H groups in total. The number of hydrogen-bond acceptors (Lipinski definition) is 4. The second kappa shape index (κ2) is 24.7. The van der Waals surface area contributed by atoms with Crippen molar-refractivity contribution >= 4 is 0 Å². The number of rotatable bonds is 27. The van der Waals surface area contributed by atoms with Gasteiger partial charge in [-0.3, -0.25) is 0 Å². The van der Waals surface area contributed by atoms with Gasteiger partial charge in [0.15, 0.2) is 0 Å². The minimum atomic E-state index is 0.694. The predicted octanol–water partition coefficient (Wildman–Crippen LogP) is 9.75. The monoisotopic (exact) mass is 580 g/mol. The molecule has 0 heterocycles. The molecular weight excluding hydrogens is 516 g/mol. The summed E-state index contributed by atoms with van der Waals surface area (Å²) in [4.78, 5) is 4.95. The van der Waals surface area contributed by atoms with Gasteiger partial charge >= 0.3 is 0 Å². The molecule has 238 valence electrons. The highest BCUT2D eigenvalue weighted by atomic mass is 16.5. The van der Waals surface area contributed by atoms with Gasteiger partial charge in [-0.15, -0.1) is 0 Å². The fourth-order valence-electron chi connectivity index (χ4n) is 5.33. The summed E-state index contributed by atoms with van der Waals surface area (Å²) in [5.74, 6) is 0. The Bertz CT molecular complexity index is 794. The third-order valence-electron chi connectivity index (χ3n) is 8.22. The van der Waals surface area contributed by atoms with Gasteiger partial charge in [-0.25, -0.2) is 0 Å². The van der Waals surface area contributed by atoms with Crippen LogP contribution in [-0.4, -0.2) is 63.3 Å². The molecule has 2 rings (SSSR count). The van der Waals surface area contributed by atoms with Crippen LogP contribution in [0.3, 0.4) is 0 Å². The summed E-state index contributed by atoms with van der Waals surface area (Å²) in [6.45, 7) is 12.4. The maximum absolute atomic E-state index is 5.95. The van der Waals surface area contributed by atoms with E-state index in [1.807, 2.05) is 0 Å².